The van der Waals surface area contributed by atoms with Gasteiger partial charge in [0.1, 0.15) is 0 Å². The van der Waals surface area contributed by atoms with Crippen LogP contribution in [0, 0.1) is 5.41 Å². The molecule has 2 aromatic carbocycles. The summed E-state index contributed by atoms with van der Waals surface area (Å²) in [7, 11) is 0. The summed E-state index contributed by atoms with van der Waals surface area (Å²) in [6, 6.07) is 13.4. The first kappa shape index (κ1) is 30.7. The molecule has 6 nitrogen and oxygen atoms in total. The highest BCUT2D eigenvalue weighted by Crippen LogP contribution is 2.52. The van der Waals surface area contributed by atoms with E-state index in [1.54, 1.807) is 61.2 Å². The molecule has 2 heterocycles. The van der Waals surface area contributed by atoms with Crippen molar-refractivity contribution >= 4 is 35.1 Å². The number of benzene rings is 2. The number of amides is 1. The van der Waals surface area contributed by atoms with Crippen molar-refractivity contribution in [3.8, 4) is 0 Å². The van der Waals surface area contributed by atoms with Crippen molar-refractivity contribution in [1.82, 2.24) is 9.88 Å². The molecule has 1 aliphatic rings. The Balaban J connectivity index is 1.91. The molecule has 0 unspecified atom stereocenters. The Labute approximate surface area is 245 Å². The zero-order valence-corrected chi connectivity index (χ0v) is 23.9. The van der Waals surface area contributed by atoms with Gasteiger partial charge in [-0.3, -0.25) is 14.4 Å². The van der Waals surface area contributed by atoms with Gasteiger partial charge in [0.05, 0.1) is 23.4 Å². The van der Waals surface area contributed by atoms with Crippen LogP contribution in [0.3, 0.4) is 0 Å². The Kier molecular flexibility index (Phi) is 8.90. The number of aromatic nitrogens is 1. The number of carbonyl (C=O) groups excluding carboxylic acids is 1. The van der Waals surface area contributed by atoms with Gasteiger partial charge in [0, 0.05) is 33.8 Å². The number of nitrogens with zero attached hydrogens (tertiary/aromatic N) is 1. The first-order chi connectivity index (χ1) is 19.2. The zero-order chi connectivity index (χ0) is 30.1. The van der Waals surface area contributed by atoms with Crippen molar-refractivity contribution in [1.29, 1.82) is 0 Å². The van der Waals surface area contributed by atoms with E-state index in [2.05, 4.69) is 4.98 Å². The fourth-order valence-corrected chi connectivity index (χ4v) is 6.15. The van der Waals surface area contributed by atoms with Crippen molar-refractivity contribution in [3.63, 3.8) is 0 Å². The zero-order valence-electron chi connectivity index (χ0n) is 22.3. The number of pyridine rings is 1. The van der Waals surface area contributed by atoms with Crippen molar-refractivity contribution in [2.75, 3.05) is 0 Å². The first-order valence-electron chi connectivity index (χ1n) is 13.1. The number of aromatic amines is 1. The van der Waals surface area contributed by atoms with E-state index in [1.165, 1.54) is 0 Å². The molecule has 0 aliphatic carbocycles. The van der Waals surface area contributed by atoms with Crippen molar-refractivity contribution < 1.29 is 27.9 Å². The average Bonchev–Trinajstić information content (AvgIpc) is 2.89. The Morgan fingerprint density at radius 3 is 2.37 bits per heavy atom. The Hall–Kier alpha value is -3.30. The maximum atomic E-state index is 14.3. The van der Waals surface area contributed by atoms with Gasteiger partial charge >= 0.3 is 12.1 Å². The smallest absolute Gasteiger partial charge is 0.417 e. The third-order valence-corrected chi connectivity index (χ3v) is 8.25. The van der Waals surface area contributed by atoms with E-state index in [4.69, 9.17) is 23.2 Å². The predicted octanol–water partition coefficient (Wildman–Crippen LogP) is 7.26. The monoisotopic (exact) mass is 608 g/mol. The van der Waals surface area contributed by atoms with Crippen LogP contribution in [0.15, 0.2) is 65.6 Å². The topological polar surface area (TPSA) is 90.5 Å². The van der Waals surface area contributed by atoms with Crippen LogP contribution < -0.4 is 5.56 Å². The lowest BCUT2D eigenvalue weighted by atomic mass is 9.67. The summed E-state index contributed by atoms with van der Waals surface area (Å²) in [6.07, 6.45) is -4.20. The molecule has 0 radical (unpaired) electrons. The molecule has 4 rings (SSSR count). The minimum absolute atomic E-state index is 0.126. The van der Waals surface area contributed by atoms with Gasteiger partial charge in [-0.25, -0.2) is 0 Å². The molecule has 0 spiro atoms. The van der Waals surface area contributed by atoms with Gasteiger partial charge in [-0.05, 0) is 60.7 Å². The van der Waals surface area contributed by atoms with E-state index >= 15 is 0 Å². The molecule has 11 heteroatoms. The number of likely N-dealkylation sites (tertiary alicyclic amines) is 1. The lowest BCUT2D eigenvalue weighted by Crippen LogP contribution is -2.56. The second-order valence-corrected chi connectivity index (χ2v) is 11.6. The van der Waals surface area contributed by atoms with Crippen LogP contribution >= 0.6 is 23.2 Å². The summed E-state index contributed by atoms with van der Waals surface area (Å²) < 4.78 is 40.4. The average molecular weight is 609 g/mol. The Bertz CT molecular complexity index is 1490. The highest BCUT2D eigenvalue weighted by Gasteiger charge is 2.52. The fourth-order valence-electron chi connectivity index (χ4n) is 5.82. The molecule has 4 atom stereocenters. The molecule has 2 N–H and O–H groups in total. The molecule has 1 amide bonds. The summed E-state index contributed by atoms with van der Waals surface area (Å²) in [5, 5.41) is 10.7. The van der Waals surface area contributed by atoms with E-state index in [0.29, 0.717) is 21.8 Å². The summed E-state index contributed by atoms with van der Waals surface area (Å²) in [5.74, 6) is -2.03. The van der Waals surface area contributed by atoms with Gasteiger partial charge in [0.25, 0.3) is 5.56 Å². The summed E-state index contributed by atoms with van der Waals surface area (Å²) in [4.78, 5) is 42.7. The Morgan fingerprint density at radius 2 is 1.78 bits per heavy atom. The standard InChI is InChI=1S/C30H29Cl2F3N2O4/c1-3-23(13-19-11-20(30(33,34)35)16-36-27(19)40)37-26(17-7-9-21(31)10-8-17)24(18-5-4-6-22(32)12-18)14-29(2,28(37)41)15-25(38)39/h4-12,16,23-24,26H,3,13-15H2,1-2H3,(H,36,40)(H,38,39)/t23-,24+,26+,29+/m0/s1. The minimum Gasteiger partial charge on any atom is -0.481 e. The van der Waals surface area contributed by atoms with Crippen LogP contribution in [0.2, 0.25) is 10.0 Å². The molecule has 41 heavy (non-hydrogen) atoms. The second-order valence-electron chi connectivity index (χ2n) is 10.7. The van der Waals surface area contributed by atoms with E-state index in [0.717, 1.165) is 11.6 Å². The fraction of sp³-hybridized carbons (Fsp3) is 0.367. The van der Waals surface area contributed by atoms with Crippen LogP contribution in [-0.4, -0.2) is 32.9 Å². The largest absolute Gasteiger partial charge is 0.481 e. The van der Waals surface area contributed by atoms with Gasteiger partial charge in [0.2, 0.25) is 5.91 Å². The number of alkyl halides is 3. The molecule has 0 saturated carbocycles. The maximum Gasteiger partial charge on any atom is 0.417 e. The molecule has 1 aromatic heterocycles. The van der Waals surface area contributed by atoms with Crippen molar-refractivity contribution in [2.24, 2.45) is 5.41 Å². The van der Waals surface area contributed by atoms with Crippen LogP contribution in [0.5, 0.6) is 0 Å². The maximum absolute atomic E-state index is 14.3. The van der Waals surface area contributed by atoms with E-state index in [-0.39, 0.29) is 24.8 Å². The van der Waals surface area contributed by atoms with Gasteiger partial charge in [-0.15, -0.1) is 0 Å². The lowest BCUT2D eigenvalue weighted by Gasteiger charge is -2.52. The van der Waals surface area contributed by atoms with Crippen molar-refractivity contribution in [2.45, 2.75) is 63.7 Å². The highest BCUT2D eigenvalue weighted by molar-refractivity contribution is 6.30. The van der Waals surface area contributed by atoms with Gasteiger partial charge in [-0.2, -0.15) is 13.2 Å². The van der Waals surface area contributed by atoms with Crippen LogP contribution in [0.1, 0.15) is 67.3 Å². The number of carboxylic acid groups (broad SMARTS) is 1. The number of nitrogens with one attached hydrogen (secondary N) is 1. The molecule has 218 valence electrons. The molecule has 1 saturated heterocycles. The summed E-state index contributed by atoms with van der Waals surface area (Å²) >= 11 is 12.5. The number of rotatable bonds is 8. The third kappa shape index (κ3) is 6.62. The molecular weight excluding hydrogens is 580 g/mol. The van der Waals surface area contributed by atoms with E-state index in [1.807, 2.05) is 6.07 Å². The minimum atomic E-state index is -4.68. The van der Waals surface area contributed by atoms with Gasteiger partial charge < -0.3 is 15.0 Å². The predicted molar refractivity (Wildman–Crippen MR) is 150 cm³/mol. The third-order valence-electron chi connectivity index (χ3n) is 7.76. The molecular formula is C30H29Cl2F3N2O4. The quantitative estimate of drug-likeness (QED) is 0.281. The summed E-state index contributed by atoms with van der Waals surface area (Å²) in [5.41, 5.74) is -1.67. The number of H-pyrrole nitrogens is 1. The first-order valence-corrected chi connectivity index (χ1v) is 13.8. The second kappa shape index (κ2) is 11.9. The Morgan fingerprint density at radius 1 is 1.10 bits per heavy atom. The molecule has 1 fully saturated rings. The van der Waals surface area contributed by atoms with Crippen LogP contribution in [-0.2, 0) is 22.2 Å². The number of carbonyl (C=O) groups is 2. The molecule has 0 bridgehead atoms. The van der Waals surface area contributed by atoms with Gasteiger partial charge in [0.15, 0.2) is 0 Å². The molecule has 3 aromatic rings. The van der Waals surface area contributed by atoms with Crippen LogP contribution in [0.4, 0.5) is 13.2 Å². The highest BCUT2D eigenvalue weighted by atomic mass is 35.5. The number of halogens is 5. The number of carboxylic acids is 1. The van der Waals surface area contributed by atoms with E-state index in [9.17, 15) is 32.7 Å². The SMILES string of the molecule is CC[C@@H](Cc1cc(C(F)(F)F)c[nH]c1=O)N1C(=O)[C@@](C)(CC(=O)O)C[C@H](c2cccc(Cl)c2)[C@H]1c1ccc(Cl)cc1. The lowest BCUT2D eigenvalue weighted by molar-refractivity contribution is -0.160. The van der Waals surface area contributed by atoms with Gasteiger partial charge in [-0.1, -0.05) is 61.3 Å². The van der Waals surface area contributed by atoms with Crippen LogP contribution in [0.25, 0.3) is 0 Å². The normalized spacial score (nSPS) is 22.0. The summed E-state index contributed by atoms with van der Waals surface area (Å²) in [6.45, 7) is 3.37. The van der Waals surface area contributed by atoms with Crippen molar-refractivity contribution in [3.05, 3.63) is 103 Å². The van der Waals surface area contributed by atoms with E-state index < -0.39 is 59.0 Å². The number of hydrogen-bond donors (Lipinski definition) is 2. The number of piperidine rings is 1. The number of aliphatic carboxylic acids is 1. The number of hydrogen-bond acceptors (Lipinski definition) is 3. The molecule has 1 aliphatic heterocycles.